The summed E-state index contributed by atoms with van der Waals surface area (Å²) in [6, 6.07) is 10.6. The van der Waals surface area contributed by atoms with Crippen LogP contribution in [0.15, 0.2) is 30.3 Å². The van der Waals surface area contributed by atoms with Gasteiger partial charge < -0.3 is 10.2 Å². The lowest BCUT2D eigenvalue weighted by atomic mass is 9.90. The molecule has 154 valence electrons. The number of hydrogen-bond acceptors (Lipinski definition) is 4. The Bertz CT molecular complexity index is 856. The molecule has 0 saturated carbocycles. The van der Waals surface area contributed by atoms with E-state index in [1.807, 2.05) is 34.8 Å². The van der Waals surface area contributed by atoms with E-state index in [9.17, 15) is 9.59 Å². The van der Waals surface area contributed by atoms with Crippen LogP contribution < -0.4 is 5.32 Å². The van der Waals surface area contributed by atoms with Gasteiger partial charge in [0.05, 0.1) is 0 Å². The summed E-state index contributed by atoms with van der Waals surface area (Å²) in [4.78, 5) is 28.1. The van der Waals surface area contributed by atoms with Crippen molar-refractivity contribution in [3.05, 3.63) is 52.8 Å². The van der Waals surface area contributed by atoms with Gasteiger partial charge >= 0.3 is 0 Å². The maximum absolute atomic E-state index is 12.8. The van der Waals surface area contributed by atoms with Gasteiger partial charge in [-0.15, -0.1) is 0 Å². The van der Waals surface area contributed by atoms with Gasteiger partial charge in [0.25, 0.3) is 5.91 Å². The topological polar surface area (TPSA) is 70.5 Å². The number of aromatic nitrogens is 2. The molecule has 1 unspecified atom stereocenters. The first-order chi connectivity index (χ1) is 14.2. The van der Waals surface area contributed by atoms with Crippen molar-refractivity contribution < 1.29 is 9.59 Å². The van der Waals surface area contributed by atoms with Crippen LogP contribution in [0.5, 0.6) is 0 Å². The number of nitrogens with zero attached hydrogens (tertiary/aromatic N) is 4. The van der Waals surface area contributed by atoms with E-state index in [-0.39, 0.29) is 5.91 Å². The van der Waals surface area contributed by atoms with Gasteiger partial charge in [-0.05, 0) is 31.2 Å². The van der Waals surface area contributed by atoms with Crippen molar-refractivity contribution in [3.8, 4) is 0 Å². The minimum absolute atomic E-state index is 0.0794. The van der Waals surface area contributed by atoms with Crippen LogP contribution in [0.25, 0.3) is 0 Å². The normalized spacial score (nSPS) is 19.6. The predicted molar refractivity (Wildman–Crippen MR) is 111 cm³/mol. The molecule has 2 aromatic rings. The number of carbonyl (C=O) groups excluding carboxylic acids is 2. The van der Waals surface area contributed by atoms with Gasteiger partial charge in [0, 0.05) is 57.1 Å². The summed E-state index contributed by atoms with van der Waals surface area (Å²) in [6.45, 7) is 3.97. The minimum Gasteiger partial charge on any atom is -0.350 e. The number of carbonyl (C=O) groups is 2. The Kier molecular flexibility index (Phi) is 5.94. The smallest absolute Gasteiger partial charge is 0.272 e. The van der Waals surface area contributed by atoms with Gasteiger partial charge in [0.1, 0.15) is 0 Å². The fraction of sp³-hybridized carbons (Fsp3) is 0.500. The fourth-order valence-electron chi connectivity index (χ4n) is 4.52. The first-order valence-corrected chi connectivity index (χ1v) is 10.5. The van der Waals surface area contributed by atoms with Crippen molar-refractivity contribution in [3.63, 3.8) is 0 Å². The molecule has 7 heteroatoms. The number of piperazine rings is 1. The Balaban J connectivity index is 1.40. The van der Waals surface area contributed by atoms with Crippen molar-refractivity contribution in [2.45, 2.75) is 31.7 Å². The predicted octanol–water partition coefficient (Wildman–Crippen LogP) is 1.02. The summed E-state index contributed by atoms with van der Waals surface area (Å²) in [7, 11) is 1.93. The van der Waals surface area contributed by atoms with E-state index in [4.69, 9.17) is 0 Å². The van der Waals surface area contributed by atoms with E-state index in [1.54, 1.807) is 0 Å². The summed E-state index contributed by atoms with van der Waals surface area (Å²) < 4.78 is 1.88. The first-order valence-electron chi connectivity index (χ1n) is 10.5. The molecule has 1 N–H and O–H groups in total. The molecular formula is C22H29N5O2. The molecule has 1 atom stereocenters. The van der Waals surface area contributed by atoms with E-state index < -0.39 is 0 Å². The summed E-state index contributed by atoms with van der Waals surface area (Å²) in [5, 5.41) is 7.60. The van der Waals surface area contributed by atoms with Gasteiger partial charge in [0.15, 0.2) is 5.69 Å². The quantitative estimate of drug-likeness (QED) is 0.742. The highest BCUT2D eigenvalue weighted by molar-refractivity contribution is 5.94. The van der Waals surface area contributed by atoms with Crippen LogP contribution in [0.4, 0.5) is 0 Å². The summed E-state index contributed by atoms with van der Waals surface area (Å²) in [5.41, 5.74) is 4.07. The lowest BCUT2D eigenvalue weighted by Crippen LogP contribution is -2.51. The highest BCUT2D eigenvalue weighted by Crippen LogP contribution is 2.27. The van der Waals surface area contributed by atoms with Gasteiger partial charge in [-0.25, -0.2) is 0 Å². The fourth-order valence-corrected chi connectivity index (χ4v) is 4.52. The van der Waals surface area contributed by atoms with Crippen LogP contribution in [0.3, 0.4) is 0 Å². The second-order valence-electron chi connectivity index (χ2n) is 7.96. The Morgan fingerprint density at radius 3 is 2.69 bits per heavy atom. The van der Waals surface area contributed by atoms with Crippen molar-refractivity contribution in [1.82, 2.24) is 24.9 Å². The van der Waals surface area contributed by atoms with Crippen LogP contribution in [0.1, 0.15) is 33.7 Å². The Morgan fingerprint density at radius 1 is 1.21 bits per heavy atom. The lowest BCUT2D eigenvalue weighted by Gasteiger charge is -2.39. The van der Waals surface area contributed by atoms with Crippen molar-refractivity contribution in [1.29, 1.82) is 0 Å². The zero-order valence-electron chi connectivity index (χ0n) is 17.0. The molecule has 1 aromatic heterocycles. The highest BCUT2D eigenvalue weighted by atomic mass is 16.2. The number of amides is 2. The van der Waals surface area contributed by atoms with Crippen LogP contribution in [-0.4, -0.2) is 70.7 Å². The zero-order valence-corrected chi connectivity index (χ0v) is 17.0. The molecule has 29 heavy (non-hydrogen) atoms. The third-order valence-electron chi connectivity index (χ3n) is 6.20. The molecule has 0 bridgehead atoms. The molecule has 2 aliphatic rings. The van der Waals surface area contributed by atoms with Gasteiger partial charge in [0.2, 0.25) is 6.41 Å². The molecule has 2 heterocycles. The van der Waals surface area contributed by atoms with E-state index in [0.717, 1.165) is 63.8 Å². The van der Waals surface area contributed by atoms with Gasteiger partial charge in [-0.2, -0.15) is 5.10 Å². The Labute approximate surface area is 171 Å². The van der Waals surface area contributed by atoms with Crippen LogP contribution in [-0.2, 0) is 31.1 Å². The largest absolute Gasteiger partial charge is 0.350 e. The molecule has 1 aliphatic carbocycles. The molecule has 7 nitrogen and oxygen atoms in total. The van der Waals surface area contributed by atoms with Crippen LogP contribution >= 0.6 is 0 Å². The number of fused-ring (bicyclic) bond motifs is 1. The average molecular weight is 396 g/mol. The molecule has 0 spiro atoms. The number of benzene rings is 1. The molecule has 4 rings (SSSR count). The van der Waals surface area contributed by atoms with E-state index in [1.165, 1.54) is 11.3 Å². The number of rotatable bonds is 6. The van der Waals surface area contributed by atoms with Crippen LogP contribution in [0.2, 0.25) is 0 Å². The highest BCUT2D eigenvalue weighted by Gasteiger charge is 2.32. The maximum atomic E-state index is 12.8. The summed E-state index contributed by atoms with van der Waals surface area (Å²) in [5.74, 6) is -0.0794. The van der Waals surface area contributed by atoms with E-state index in [0.29, 0.717) is 18.3 Å². The van der Waals surface area contributed by atoms with Gasteiger partial charge in [-0.3, -0.25) is 19.2 Å². The third kappa shape index (κ3) is 4.34. The summed E-state index contributed by atoms with van der Waals surface area (Å²) >= 11 is 0. The molecule has 1 aliphatic heterocycles. The maximum Gasteiger partial charge on any atom is 0.272 e. The minimum atomic E-state index is -0.0794. The van der Waals surface area contributed by atoms with Crippen LogP contribution in [0, 0.1) is 0 Å². The number of hydrogen-bond donors (Lipinski definition) is 1. The molecule has 1 saturated heterocycles. The SMILES string of the molecule is Cn1nc(C(=O)NCCc2ccccc2)c2c1CCC(N1CCN(C=O)CC1)C2. The molecule has 2 amide bonds. The molecule has 1 fully saturated rings. The standard InChI is InChI=1S/C22H29N5O2/c1-25-20-8-7-18(27-13-11-26(16-28)12-14-27)15-19(20)21(24-25)22(29)23-10-9-17-5-3-2-4-6-17/h2-6,16,18H,7-15H2,1H3,(H,23,29). The van der Waals surface area contributed by atoms with Crippen molar-refractivity contribution in [2.24, 2.45) is 7.05 Å². The molecular weight excluding hydrogens is 366 g/mol. The van der Waals surface area contributed by atoms with E-state index >= 15 is 0 Å². The molecule has 1 aromatic carbocycles. The Morgan fingerprint density at radius 2 is 1.97 bits per heavy atom. The van der Waals surface area contributed by atoms with Crippen molar-refractivity contribution in [2.75, 3.05) is 32.7 Å². The third-order valence-corrected chi connectivity index (χ3v) is 6.20. The van der Waals surface area contributed by atoms with E-state index in [2.05, 4.69) is 27.4 Å². The second kappa shape index (κ2) is 8.78. The number of nitrogens with one attached hydrogen (secondary N) is 1. The van der Waals surface area contributed by atoms with Gasteiger partial charge in [-0.1, -0.05) is 30.3 Å². The molecule has 0 radical (unpaired) electrons. The lowest BCUT2D eigenvalue weighted by molar-refractivity contribution is -0.120. The average Bonchev–Trinajstić information content (AvgIpc) is 3.10. The first kappa shape index (κ1) is 19.6. The van der Waals surface area contributed by atoms with Crippen molar-refractivity contribution >= 4 is 12.3 Å². The summed E-state index contributed by atoms with van der Waals surface area (Å²) in [6.07, 6.45) is 4.61. The zero-order chi connectivity index (χ0) is 20.2. The Hall–Kier alpha value is -2.67. The monoisotopic (exact) mass is 395 g/mol. The number of aryl methyl sites for hydroxylation is 1. The second-order valence-corrected chi connectivity index (χ2v) is 7.96.